The maximum absolute atomic E-state index is 13.3. The van der Waals surface area contributed by atoms with Gasteiger partial charge in [-0.1, -0.05) is 11.6 Å². The number of hydrogen-bond donors (Lipinski definition) is 1. The predicted octanol–water partition coefficient (Wildman–Crippen LogP) is 3.92. The Kier molecular flexibility index (Phi) is 4.10. The maximum atomic E-state index is 13.3. The molecule has 2 rings (SSSR count). The fourth-order valence-electron chi connectivity index (χ4n) is 2.06. The molecule has 0 spiro atoms. The fraction of sp³-hybridized carbons (Fsp3) is 0.357. The first-order valence-electron chi connectivity index (χ1n) is 6.24. The Bertz CT molecular complexity index is 572. The van der Waals surface area contributed by atoms with Crippen LogP contribution in [0.2, 0.25) is 5.02 Å². The van der Waals surface area contributed by atoms with Crippen molar-refractivity contribution in [2.24, 2.45) is 0 Å². The minimum Gasteiger partial charge on any atom is -0.379 e. The molecule has 102 valence electrons. The third-order valence-electron chi connectivity index (χ3n) is 2.95. The first-order chi connectivity index (χ1) is 9.01. The molecule has 0 saturated heterocycles. The molecule has 0 bridgehead atoms. The number of aromatic nitrogens is 2. The molecule has 0 amide bonds. The van der Waals surface area contributed by atoms with Crippen LogP contribution in [0.5, 0.6) is 0 Å². The zero-order chi connectivity index (χ0) is 14.0. The molecule has 0 unspecified atom stereocenters. The van der Waals surface area contributed by atoms with Crippen molar-refractivity contribution in [1.82, 2.24) is 9.78 Å². The second-order valence-electron chi connectivity index (χ2n) is 4.53. The van der Waals surface area contributed by atoms with E-state index in [1.165, 1.54) is 12.1 Å². The van der Waals surface area contributed by atoms with E-state index in [4.69, 9.17) is 11.6 Å². The van der Waals surface area contributed by atoms with Crippen molar-refractivity contribution < 1.29 is 4.39 Å². The van der Waals surface area contributed by atoms with Crippen LogP contribution in [-0.4, -0.2) is 9.78 Å². The van der Waals surface area contributed by atoms with Crippen LogP contribution in [0, 0.1) is 19.7 Å². The Labute approximate surface area is 117 Å². The lowest BCUT2D eigenvalue weighted by Crippen LogP contribution is -2.08. The summed E-state index contributed by atoms with van der Waals surface area (Å²) in [5.74, 6) is -0.242. The summed E-state index contributed by atoms with van der Waals surface area (Å²) >= 11 is 6.22. The molecule has 5 heteroatoms. The number of rotatable bonds is 4. The minimum absolute atomic E-state index is 0.242. The summed E-state index contributed by atoms with van der Waals surface area (Å²) < 4.78 is 15.2. The van der Waals surface area contributed by atoms with Gasteiger partial charge in [0.25, 0.3) is 0 Å². The summed E-state index contributed by atoms with van der Waals surface area (Å²) in [6.07, 6.45) is 0. The van der Waals surface area contributed by atoms with Crippen LogP contribution < -0.4 is 5.32 Å². The van der Waals surface area contributed by atoms with E-state index in [2.05, 4.69) is 10.4 Å². The van der Waals surface area contributed by atoms with Gasteiger partial charge in [-0.15, -0.1) is 0 Å². The Morgan fingerprint density at radius 1 is 1.32 bits per heavy atom. The second-order valence-corrected chi connectivity index (χ2v) is 4.91. The Balaban J connectivity index is 2.18. The maximum Gasteiger partial charge on any atom is 0.125 e. The van der Waals surface area contributed by atoms with E-state index in [1.807, 2.05) is 31.5 Å². The van der Waals surface area contributed by atoms with Gasteiger partial charge in [0, 0.05) is 12.2 Å². The summed E-state index contributed by atoms with van der Waals surface area (Å²) in [5, 5.41) is 8.20. The van der Waals surface area contributed by atoms with Gasteiger partial charge in [0.1, 0.15) is 5.82 Å². The molecule has 0 aliphatic carbocycles. The van der Waals surface area contributed by atoms with Gasteiger partial charge in [0.05, 0.1) is 23.0 Å². The van der Waals surface area contributed by atoms with Gasteiger partial charge in [-0.2, -0.15) is 5.10 Å². The lowest BCUT2D eigenvalue weighted by Gasteiger charge is -2.09. The lowest BCUT2D eigenvalue weighted by atomic mass is 10.2. The molecule has 1 heterocycles. The molecule has 1 N–H and O–H groups in total. The fourth-order valence-corrected chi connectivity index (χ4v) is 2.26. The van der Waals surface area contributed by atoms with E-state index in [9.17, 15) is 4.39 Å². The molecule has 19 heavy (non-hydrogen) atoms. The Morgan fingerprint density at radius 3 is 2.68 bits per heavy atom. The Hall–Kier alpha value is -1.55. The Morgan fingerprint density at radius 2 is 2.05 bits per heavy atom. The van der Waals surface area contributed by atoms with Crippen molar-refractivity contribution in [1.29, 1.82) is 0 Å². The topological polar surface area (TPSA) is 29.9 Å². The zero-order valence-corrected chi connectivity index (χ0v) is 12.1. The molecule has 1 aromatic heterocycles. The number of hydrogen-bond acceptors (Lipinski definition) is 2. The smallest absolute Gasteiger partial charge is 0.125 e. The van der Waals surface area contributed by atoms with Crippen LogP contribution in [0.4, 0.5) is 10.1 Å². The van der Waals surface area contributed by atoms with Crippen LogP contribution in [0.15, 0.2) is 18.2 Å². The quantitative estimate of drug-likeness (QED) is 0.920. The average molecular weight is 282 g/mol. The second kappa shape index (κ2) is 5.61. The van der Waals surface area contributed by atoms with Crippen LogP contribution in [0.1, 0.15) is 23.9 Å². The van der Waals surface area contributed by atoms with Gasteiger partial charge in [-0.25, -0.2) is 4.39 Å². The van der Waals surface area contributed by atoms with E-state index in [1.54, 1.807) is 0 Å². The molecule has 0 aliphatic heterocycles. The summed E-state index contributed by atoms with van der Waals surface area (Å²) in [4.78, 5) is 0. The van der Waals surface area contributed by atoms with Crippen LogP contribution in [0.3, 0.4) is 0 Å². The molecule has 1 aromatic carbocycles. The summed E-state index contributed by atoms with van der Waals surface area (Å²) in [7, 11) is 0. The van der Waals surface area contributed by atoms with Gasteiger partial charge in [-0.05, 0) is 44.5 Å². The summed E-state index contributed by atoms with van der Waals surface area (Å²) in [6.45, 7) is 7.04. The molecule has 0 aliphatic rings. The van der Waals surface area contributed by atoms with E-state index < -0.39 is 0 Å². The van der Waals surface area contributed by atoms with Gasteiger partial charge in [0.2, 0.25) is 0 Å². The van der Waals surface area contributed by atoms with E-state index in [-0.39, 0.29) is 5.82 Å². The number of nitrogens with zero attached hydrogens (tertiary/aromatic N) is 2. The molecule has 3 nitrogen and oxygen atoms in total. The molecular formula is C14H17ClFN3. The highest BCUT2D eigenvalue weighted by Crippen LogP contribution is 2.22. The summed E-state index contributed by atoms with van der Waals surface area (Å²) in [6, 6.07) is 4.87. The first kappa shape index (κ1) is 13.9. The molecule has 0 atom stereocenters. The van der Waals surface area contributed by atoms with E-state index in [0.29, 0.717) is 11.6 Å². The SMILES string of the molecule is CCn1nc(C)c(Cl)c1CNc1cc(C)cc(F)c1. The number of benzene rings is 1. The summed E-state index contributed by atoms with van der Waals surface area (Å²) in [5.41, 5.74) is 3.36. The zero-order valence-electron chi connectivity index (χ0n) is 11.3. The average Bonchev–Trinajstić information content (AvgIpc) is 2.62. The third kappa shape index (κ3) is 3.07. The van der Waals surface area contributed by atoms with Gasteiger partial charge >= 0.3 is 0 Å². The molecular weight excluding hydrogens is 265 g/mol. The number of anilines is 1. The lowest BCUT2D eigenvalue weighted by molar-refractivity contribution is 0.621. The molecule has 0 radical (unpaired) electrons. The van der Waals surface area contributed by atoms with Crippen molar-refractivity contribution in [3.05, 3.63) is 46.0 Å². The van der Waals surface area contributed by atoms with Crippen molar-refractivity contribution in [3.8, 4) is 0 Å². The van der Waals surface area contributed by atoms with E-state index in [0.717, 1.165) is 29.2 Å². The first-order valence-corrected chi connectivity index (χ1v) is 6.62. The highest BCUT2D eigenvalue weighted by Gasteiger charge is 2.12. The monoisotopic (exact) mass is 281 g/mol. The predicted molar refractivity (Wildman–Crippen MR) is 76.1 cm³/mol. The van der Waals surface area contributed by atoms with Crippen molar-refractivity contribution in [2.45, 2.75) is 33.9 Å². The minimum atomic E-state index is -0.242. The van der Waals surface area contributed by atoms with Crippen LogP contribution in [0.25, 0.3) is 0 Å². The standard InChI is InChI=1S/C14H17ClFN3/c1-4-19-13(14(15)10(3)18-19)8-17-12-6-9(2)5-11(16)7-12/h5-7,17H,4,8H2,1-3H3. The number of nitrogens with one attached hydrogen (secondary N) is 1. The van der Waals surface area contributed by atoms with Crippen molar-refractivity contribution in [2.75, 3.05) is 5.32 Å². The van der Waals surface area contributed by atoms with Gasteiger partial charge in [0.15, 0.2) is 0 Å². The van der Waals surface area contributed by atoms with E-state index >= 15 is 0 Å². The van der Waals surface area contributed by atoms with Crippen molar-refractivity contribution in [3.63, 3.8) is 0 Å². The normalized spacial score (nSPS) is 10.8. The van der Waals surface area contributed by atoms with Crippen molar-refractivity contribution >= 4 is 17.3 Å². The van der Waals surface area contributed by atoms with Crippen LogP contribution >= 0.6 is 11.6 Å². The number of aryl methyl sites for hydroxylation is 3. The highest BCUT2D eigenvalue weighted by molar-refractivity contribution is 6.31. The molecule has 0 saturated carbocycles. The molecule has 0 fully saturated rings. The molecule has 2 aromatic rings. The third-order valence-corrected chi connectivity index (χ3v) is 3.45. The largest absolute Gasteiger partial charge is 0.379 e. The van der Waals surface area contributed by atoms with Crippen LogP contribution in [-0.2, 0) is 13.1 Å². The highest BCUT2D eigenvalue weighted by atomic mass is 35.5. The number of halogens is 2. The van der Waals surface area contributed by atoms with Gasteiger partial charge in [-0.3, -0.25) is 4.68 Å². The van der Waals surface area contributed by atoms with Gasteiger partial charge < -0.3 is 5.32 Å².